The van der Waals surface area contributed by atoms with Gasteiger partial charge in [-0.1, -0.05) is 0 Å². The van der Waals surface area contributed by atoms with Crippen LogP contribution >= 0.6 is 12.4 Å². The zero-order valence-corrected chi connectivity index (χ0v) is 11.9. The largest absolute Gasteiger partial charge is 0.383 e. The number of carbonyl (C=O) groups excluding carboxylic acids is 1. The first-order valence-corrected chi connectivity index (χ1v) is 6.28. The number of hydrogen-bond acceptors (Lipinski definition) is 4. The van der Waals surface area contributed by atoms with Gasteiger partial charge >= 0.3 is 0 Å². The van der Waals surface area contributed by atoms with Crippen molar-refractivity contribution in [2.45, 2.75) is 31.8 Å². The van der Waals surface area contributed by atoms with Crippen molar-refractivity contribution >= 4 is 24.1 Å². The van der Waals surface area contributed by atoms with Crippen LogP contribution < -0.4 is 11.1 Å². The van der Waals surface area contributed by atoms with Crippen LogP contribution in [0.1, 0.15) is 19.3 Å². The summed E-state index contributed by atoms with van der Waals surface area (Å²) in [4.78, 5) is 11.9. The Morgan fingerprint density at radius 2 is 2.42 bits per heavy atom. The molecule has 0 saturated heterocycles. The van der Waals surface area contributed by atoms with E-state index >= 15 is 0 Å². The molecule has 1 aromatic heterocycles. The van der Waals surface area contributed by atoms with Gasteiger partial charge in [-0.2, -0.15) is 5.10 Å². The van der Waals surface area contributed by atoms with Gasteiger partial charge in [0.05, 0.1) is 13.2 Å². The van der Waals surface area contributed by atoms with Crippen LogP contribution in [0.5, 0.6) is 0 Å². The second-order valence-electron chi connectivity index (χ2n) is 4.72. The van der Waals surface area contributed by atoms with E-state index in [4.69, 9.17) is 10.5 Å². The van der Waals surface area contributed by atoms with E-state index in [0.29, 0.717) is 19.0 Å². The summed E-state index contributed by atoms with van der Waals surface area (Å²) < 4.78 is 6.72. The number of amides is 1. The van der Waals surface area contributed by atoms with Crippen molar-refractivity contribution in [2.75, 3.05) is 19.0 Å². The quantitative estimate of drug-likeness (QED) is 0.847. The minimum Gasteiger partial charge on any atom is -0.383 e. The molecule has 1 aromatic rings. The molecule has 0 radical (unpaired) electrons. The molecule has 6 nitrogen and oxygen atoms in total. The number of nitrogens with zero attached hydrogens (tertiary/aromatic N) is 2. The number of hydrogen-bond donors (Lipinski definition) is 2. The first-order chi connectivity index (χ1) is 8.69. The molecule has 3 N–H and O–H groups in total. The molecule has 1 fully saturated rings. The summed E-state index contributed by atoms with van der Waals surface area (Å²) in [5, 5.41) is 7.09. The van der Waals surface area contributed by atoms with Crippen LogP contribution in [0, 0.1) is 5.92 Å². The summed E-state index contributed by atoms with van der Waals surface area (Å²) in [5.41, 5.74) is 5.80. The van der Waals surface area contributed by atoms with Crippen LogP contribution in [0.25, 0.3) is 0 Å². The van der Waals surface area contributed by atoms with Gasteiger partial charge in [0.2, 0.25) is 5.91 Å². The van der Waals surface area contributed by atoms with E-state index in [1.807, 2.05) is 6.20 Å². The Labute approximate surface area is 119 Å². The molecule has 7 heteroatoms. The Bertz CT molecular complexity index is 410. The zero-order chi connectivity index (χ0) is 13.0. The van der Waals surface area contributed by atoms with Crippen LogP contribution in [0.15, 0.2) is 12.3 Å². The molecule has 1 saturated carbocycles. The summed E-state index contributed by atoms with van der Waals surface area (Å²) in [6, 6.07) is 1.96. The second kappa shape index (κ2) is 7.47. The molecule has 1 aliphatic rings. The van der Waals surface area contributed by atoms with E-state index in [1.54, 1.807) is 17.9 Å². The molecule has 19 heavy (non-hydrogen) atoms. The topological polar surface area (TPSA) is 82.2 Å². The van der Waals surface area contributed by atoms with E-state index < -0.39 is 0 Å². The SMILES string of the molecule is COCCn1ccc(NC(=O)C2CCC(N)C2)n1.Cl. The van der Waals surface area contributed by atoms with E-state index in [0.717, 1.165) is 19.3 Å². The summed E-state index contributed by atoms with van der Waals surface area (Å²) in [6.45, 7) is 1.28. The number of methoxy groups -OCH3 is 1. The predicted octanol–water partition coefficient (Wildman–Crippen LogP) is 1.02. The van der Waals surface area contributed by atoms with Gasteiger partial charge in [-0.25, -0.2) is 0 Å². The highest BCUT2D eigenvalue weighted by molar-refractivity contribution is 5.91. The maximum Gasteiger partial charge on any atom is 0.228 e. The zero-order valence-electron chi connectivity index (χ0n) is 11.0. The molecule has 0 aliphatic heterocycles. The molecule has 2 atom stereocenters. The van der Waals surface area contributed by atoms with E-state index in [2.05, 4.69) is 10.4 Å². The summed E-state index contributed by atoms with van der Waals surface area (Å²) >= 11 is 0. The van der Waals surface area contributed by atoms with Crippen LogP contribution in [0.2, 0.25) is 0 Å². The molecule has 2 rings (SSSR count). The standard InChI is InChI=1S/C12H20N4O2.ClH/c1-18-7-6-16-5-4-11(15-16)14-12(17)9-2-3-10(13)8-9;/h4-5,9-10H,2-3,6-8,13H2,1H3,(H,14,15,17);1H. The van der Waals surface area contributed by atoms with E-state index in [9.17, 15) is 4.79 Å². The smallest absolute Gasteiger partial charge is 0.228 e. The van der Waals surface area contributed by atoms with Gasteiger partial charge in [0.25, 0.3) is 0 Å². The monoisotopic (exact) mass is 288 g/mol. The highest BCUT2D eigenvalue weighted by atomic mass is 35.5. The molecule has 108 valence electrons. The maximum absolute atomic E-state index is 11.9. The number of nitrogens with one attached hydrogen (secondary N) is 1. The Balaban J connectivity index is 0.00000180. The first kappa shape index (κ1) is 15.9. The lowest BCUT2D eigenvalue weighted by Gasteiger charge is -2.08. The fourth-order valence-corrected chi connectivity index (χ4v) is 2.22. The van der Waals surface area contributed by atoms with Crippen molar-refractivity contribution in [1.82, 2.24) is 9.78 Å². The number of ether oxygens (including phenoxy) is 1. The molecule has 2 unspecified atom stereocenters. The molecular weight excluding hydrogens is 268 g/mol. The highest BCUT2D eigenvalue weighted by Gasteiger charge is 2.27. The first-order valence-electron chi connectivity index (χ1n) is 6.28. The van der Waals surface area contributed by atoms with Crippen molar-refractivity contribution in [3.63, 3.8) is 0 Å². The minimum atomic E-state index is 0. The van der Waals surface area contributed by atoms with Crippen LogP contribution in [0.3, 0.4) is 0 Å². The number of anilines is 1. The average molecular weight is 289 g/mol. The molecule has 1 aliphatic carbocycles. The van der Waals surface area contributed by atoms with Gasteiger partial charge in [-0.05, 0) is 19.3 Å². The van der Waals surface area contributed by atoms with Gasteiger partial charge in [-0.3, -0.25) is 9.48 Å². The van der Waals surface area contributed by atoms with Crippen molar-refractivity contribution in [2.24, 2.45) is 11.7 Å². The minimum absolute atomic E-state index is 0. The summed E-state index contributed by atoms with van der Waals surface area (Å²) in [5.74, 6) is 0.653. The van der Waals surface area contributed by atoms with Gasteiger partial charge < -0.3 is 15.8 Å². The lowest BCUT2D eigenvalue weighted by Crippen LogP contribution is -2.23. The number of aromatic nitrogens is 2. The predicted molar refractivity (Wildman–Crippen MR) is 75.3 cm³/mol. The normalized spacial score (nSPS) is 22.0. The summed E-state index contributed by atoms with van der Waals surface area (Å²) in [7, 11) is 1.65. The maximum atomic E-state index is 11.9. The highest BCUT2D eigenvalue weighted by Crippen LogP contribution is 2.25. The van der Waals surface area contributed by atoms with Gasteiger partial charge in [0.1, 0.15) is 0 Å². The number of rotatable bonds is 5. The van der Waals surface area contributed by atoms with Crippen molar-refractivity contribution in [1.29, 1.82) is 0 Å². The van der Waals surface area contributed by atoms with E-state index in [1.165, 1.54) is 0 Å². The molecule has 0 aromatic carbocycles. The van der Waals surface area contributed by atoms with Crippen LogP contribution in [-0.4, -0.2) is 35.4 Å². The van der Waals surface area contributed by atoms with Crippen LogP contribution in [-0.2, 0) is 16.1 Å². The summed E-state index contributed by atoms with van der Waals surface area (Å²) in [6.07, 6.45) is 4.41. The number of carbonyl (C=O) groups is 1. The molecule has 0 bridgehead atoms. The fraction of sp³-hybridized carbons (Fsp3) is 0.667. The third-order valence-corrected chi connectivity index (χ3v) is 3.26. The van der Waals surface area contributed by atoms with E-state index in [-0.39, 0.29) is 30.3 Å². The molecule has 1 heterocycles. The van der Waals surface area contributed by atoms with Crippen molar-refractivity contribution in [3.05, 3.63) is 12.3 Å². The Morgan fingerprint density at radius 1 is 1.63 bits per heavy atom. The lowest BCUT2D eigenvalue weighted by atomic mass is 10.1. The lowest BCUT2D eigenvalue weighted by molar-refractivity contribution is -0.119. The number of nitrogens with two attached hydrogens (primary N) is 1. The van der Waals surface area contributed by atoms with Crippen molar-refractivity contribution in [3.8, 4) is 0 Å². The Morgan fingerprint density at radius 3 is 3.05 bits per heavy atom. The van der Waals surface area contributed by atoms with Gasteiger partial charge in [-0.15, -0.1) is 12.4 Å². The Kier molecular flexibility index (Phi) is 6.27. The molecular formula is C12H21ClN4O2. The van der Waals surface area contributed by atoms with Gasteiger partial charge in [0.15, 0.2) is 5.82 Å². The average Bonchev–Trinajstić information content (AvgIpc) is 2.96. The molecule has 1 amide bonds. The van der Waals surface area contributed by atoms with Crippen LogP contribution in [0.4, 0.5) is 5.82 Å². The number of halogens is 1. The molecule has 0 spiro atoms. The third kappa shape index (κ3) is 4.49. The van der Waals surface area contributed by atoms with Gasteiger partial charge in [0, 0.05) is 31.3 Å². The fourth-order valence-electron chi connectivity index (χ4n) is 2.22. The third-order valence-electron chi connectivity index (χ3n) is 3.26. The second-order valence-corrected chi connectivity index (χ2v) is 4.72. The van der Waals surface area contributed by atoms with Crippen molar-refractivity contribution < 1.29 is 9.53 Å². The Hall–Kier alpha value is -1.11.